The molecule has 0 saturated carbocycles. The second kappa shape index (κ2) is 6.01. The van der Waals surface area contributed by atoms with Gasteiger partial charge in [-0.3, -0.25) is 4.68 Å². The van der Waals surface area contributed by atoms with Gasteiger partial charge in [0.15, 0.2) is 0 Å². The first-order valence-electron chi connectivity index (χ1n) is 5.96. The van der Waals surface area contributed by atoms with Crippen LogP contribution in [0.4, 0.5) is 0 Å². The lowest BCUT2D eigenvalue weighted by Crippen LogP contribution is -2.33. The molecule has 0 aliphatic rings. The van der Waals surface area contributed by atoms with Crippen LogP contribution in [-0.4, -0.2) is 33.6 Å². The van der Waals surface area contributed by atoms with Crippen molar-refractivity contribution in [1.82, 2.24) is 15.1 Å². The first-order chi connectivity index (χ1) is 7.52. The summed E-state index contributed by atoms with van der Waals surface area (Å²) >= 11 is 0. The van der Waals surface area contributed by atoms with Crippen LogP contribution in [0.15, 0.2) is 6.07 Å². The standard InChI is InChI=1S/C12H23N3O/c1-5-10-6-11(15(4)14-10)7-12(16)8-13-9(2)3/h6,9,12-13,16H,5,7-8H2,1-4H3. The van der Waals surface area contributed by atoms with Crippen LogP contribution in [-0.2, 0) is 19.9 Å². The molecular weight excluding hydrogens is 202 g/mol. The van der Waals surface area contributed by atoms with E-state index in [-0.39, 0.29) is 6.10 Å². The maximum atomic E-state index is 9.85. The summed E-state index contributed by atoms with van der Waals surface area (Å²) in [4.78, 5) is 0. The summed E-state index contributed by atoms with van der Waals surface area (Å²) in [6.07, 6.45) is 1.25. The van der Waals surface area contributed by atoms with Crippen molar-refractivity contribution in [2.75, 3.05) is 6.54 Å². The van der Waals surface area contributed by atoms with E-state index in [0.717, 1.165) is 17.8 Å². The summed E-state index contributed by atoms with van der Waals surface area (Å²) in [6.45, 7) is 6.87. The van der Waals surface area contributed by atoms with Crippen LogP contribution >= 0.6 is 0 Å². The van der Waals surface area contributed by atoms with Crippen molar-refractivity contribution in [3.63, 3.8) is 0 Å². The molecule has 2 N–H and O–H groups in total. The van der Waals surface area contributed by atoms with Gasteiger partial charge in [0.1, 0.15) is 0 Å². The van der Waals surface area contributed by atoms with Crippen molar-refractivity contribution in [3.8, 4) is 0 Å². The molecule has 4 nitrogen and oxygen atoms in total. The van der Waals surface area contributed by atoms with Crippen LogP contribution in [0, 0.1) is 0 Å². The number of nitrogens with one attached hydrogen (secondary N) is 1. The molecule has 0 bridgehead atoms. The largest absolute Gasteiger partial charge is 0.391 e. The third-order valence-corrected chi connectivity index (χ3v) is 2.60. The van der Waals surface area contributed by atoms with E-state index >= 15 is 0 Å². The van der Waals surface area contributed by atoms with E-state index in [2.05, 4.69) is 37.3 Å². The normalized spacial score (nSPS) is 13.4. The highest BCUT2D eigenvalue weighted by Crippen LogP contribution is 2.06. The number of hydrogen-bond donors (Lipinski definition) is 2. The summed E-state index contributed by atoms with van der Waals surface area (Å²) in [5, 5.41) is 17.4. The average molecular weight is 225 g/mol. The van der Waals surface area contributed by atoms with E-state index in [1.807, 2.05) is 11.7 Å². The van der Waals surface area contributed by atoms with E-state index in [0.29, 0.717) is 19.0 Å². The molecular formula is C12H23N3O. The molecule has 0 saturated heterocycles. The highest BCUT2D eigenvalue weighted by atomic mass is 16.3. The summed E-state index contributed by atoms with van der Waals surface area (Å²) in [5.74, 6) is 0. The fourth-order valence-electron chi connectivity index (χ4n) is 1.62. The van der Waals surface area contributed by atoms with Gasteiger partial charge in [0.05, 0.1) is 11.8 Å². The number of aromatic nitrogens is 2. The molecule has 1 aromatic rings. The van der Waals surface area contributed by atoms with E-state index < -0.39 is 0 Å². The average Bonchev–Trinajstić information content (AvgIpc) is 2.57. The Balaban J connectivity index is 2.48. The first-order valence-corrected chi connectivity index (χ1v) is 5.96. The van der Waals surface area contributed by atoms with Gasteiger partial charge in [0.25, 0.3) is 0 Å². The van der Waals surface area contributed by atoms with Crippen LogP contribution < -0.4 is 5.32 Å². The quantitative estimate of drug-likeness (QED) is 0.756. The number of rotatable bonds is 6. The highest BCUT2D eigenvalue weighted by Gasteiger charge is 2.10. The van der Waals surface area contributed by atoms with Gasteiger partial charge >= 0.3 is 0 Å². The second-order valence-electron chi connectivity index (χ2n) is 4.53. The Labute approximate surface area is 97.7 Å². The van der Waals surface area contributed by atoms with Gasteiger partial charge < -0.3 is 10.4 Å². The SMILES string of the molecule is CCc1cc(CC(O)CNC(C)C)n(C)n1. The van der Waals surface area contributed by atoms with Crippen LogP contribution in [0.3, 0.4) is 0 Å². The Morgan fingerprint density at radius 2 is 2.19 bits per heavy atom. The van der Waals surface area contributed by atoms with Gasteiger partial charge in [-0.25, -0.2) is 0 Å². The predicted molar refractivity (Wildman–Crippen MR) is 65.4 cm³/mol. The summed E-state index contributed by atoms with van der Waals surface area (Å²) in [7, 11) is 1.93. The minimum Gasteiger partial charge on any atom is -0.391 e. The number of aryl methyl sites for hydroxylation is 2. The van der Waals surface area contributed by atoms with Crippen molar-refractivity contribution < 1.29 is 5.11 Å². The van der Waals surface area contributed by atoms with E-state index in [4.69, 9.17) is 0 Å². The van der Waals surface area contributed by atoms with Crippen LogP contribution in [0.1, 0.15) is 32.2 Å². The number of nitrogens with zero attached hydrogens (tertiary/aromatic N) is 2. The molecule has 1 unspecified atom stereocenters. The van der Waals surface area contributed by atoms with Gasteiger partial charge in [-0.2, -0.15) is 5.10 Å². The van der Waals surface area contributed by atoms with Crippen molar-refractivity contribution in [3.05, 3.63) is 17.5 Å². The van der Waals surface area contributed by atoms with Gasteiger partial charge in [-0.05, 0) is 12.5 Å². The molecule has 1 atom stereocenters. The van der Waals surface area contributed by atoms with Crippen molar-refractivity contribution in [2.24, 2.45) is 7.05 Å². The minimum atomic E-state index is -0.345. The van der Waals surface area contributed by atoms with Gasteiger partial charge in [-0.1, -0.05) is 20.8 Å². The molecule has 16 heavy (non-hydrogen) atoms. The molecule has 0 aliphatic heterocycles. The molecule has 92 valence electrons. The van der Waals surface area contributed by atoms with Crippen molar-refractivity contribution >= 4 is 0 Å². The summed E-state index contributed by atoms with van der Waals surface area (Å²) in [6, 6.07) is 2.48. The van der Waals surface area contributed by atoms with Gasteiger partial charge in [-0.15, -0.1) is 0 Å². The molecule has 4 heteroatoms. The van der Waals surface area contributed by atoms with E-state index in [1.165, 1.54) is 0 Å². The third kappa shape index (κ3) is 3.94. The topological polar surface area (TPSA) is 50.1 Å². The lowest BCUT2D eigenvalue weighted by molar-refractivity contribution is 0.166. The summed E-state index contributed by atoms with van der Waals surface area (Å²) in [5.41, 5.74) is 2.18. The minimum absolute atomic E-state index is 0.345. The molecule has 0 aromatic carbocycles. The van der Waals surface area contributed by atoms with Crippen LogP contribution in [0.2, 0.25) is 0 Å². The highest BCUT2D eigenvalue weighted by molar-refractivity contribution is 5.11. The molecule has 0 spiro atoms. The smallest absolute Gasteiger partial charge is 0.0719 e. The third-order valence-electron chi connectivity index (χ3n) is 2.60. The maximum Gasteiger partial charge on any atom is 0.0719 e. The Morgan fingerprint density at radius 3 is 2.69 bits per heavy atom. The number of hydrogen-bond acceptors (Lipinski definition) is 3. The van der Waals surface area contributed by atoms with Crippen LogP contribution in [0.25, 0.3) is 0 Å². The fraction of sp³-hybridized carbons (Fsp3) is 0.750. The fourth-order valence-corrected chi connectivity index (χ4v) is 1.62. The Hall–Kier alpha value is -0.870. The van der Waals surface area contributed by atoms with Gasteiger partial charge in [0, 0.05) is 31.7 Å². The van der Waals surface area contributed by atoms with Crippen molar-refractivity contribution in [1.29, 1.82) is 0 Å². The Bertz CT molecular complexity index is 320. The monoisotopic (exact) mass is 225 g/mol. The zero-order valence-electron chi connectivity index (χ0n) is 10.7. The lowest BCUT2D eigenvalue weighted by Gasteiger charge is -2.13. The predicted octanol–water partition coefficient (Wildman–Crippen LogP) is 0.884. The summed E-state index contributed by atoms with van der Waals surface area (Å²) < 4.78 is 1.86. The zero-order valence-corrected chi connectivity index (χ0v) is 10.7. The molecule has 0 aliphatic carbocycles. The first kappa shape index (κ1) is 13.2. The molecule has 0 radical (unpaired) electrons. The van der Waals surface area contributed by atoms with Crippen LogP contribution in [0.5, 0.6) is 0 Å². The van der Waals surface area contributed by atoms with Crippen molar-refractivity contribution in [2.45, 2.75) is 45.8 Å². The Kier molecular flexibility index (Phi) is 4.96. The second-order valence-corrected chi connectivity index (χ2v) is 4.53. The van der Waals surface area contributed by atoms with E-state index in [1.54, 1.807) is 0 Å². The molecule has 1 aromatic heterocycles. The Morgan fingerprint density at radius 1 is 1.50 bits per heavy atom. The van der Waals surface area contributed by atoms with Gasteiger partial charge in [0.2, 0.25) is 0 Å². The lowest BCUT2D eigenvalue weighted by atomic mass is 10.1. The zero-order chi connectivity index (χ0) is 12.1. The number of aliphatic hydroxyl groups is 1. The van der Waals surface area contributed by atoms with E-state index in [9.17, 15) is 5.11 Å². The number of aliphatic hydroxyl groups excluding tert-OH is 1. The molecule has 1 heterocycles. The maximum absolute atomic E-state index is 9.85. The molecule has 0 amide bonds. The molecule has 1 rings (SSSR count). The molecule has 0 fully saturated rings.